The summed E-state index contributed by atoms with van der Waals surface area (Å²) in [6.07, 6.45) is 2.70. The first kappa shape index (κ1) is 23.6. The predicted octanol–water partition coefficient (Wildman–Crippen LogP) is 4.29. The van der Waals surface area contributed by atoms with Gasteiger partial charge in [0.15, 0.2) is 0 Å². The molecule has 0 aliphatic carbocycles. The molecule has 8 heteroatoms. The van der Waals surface area contributed by atoms with Gasteiger partial charge in [0.05, 0.1) is 5.02 Å². The van der Waals surface area contributed by atoms with Crippen LogP contribution in [-0.2, 0) is 16.6 Å². The second-order valence-corrected chi connectivity index (χ2v) is 9.94. The van der Waals surface area contributed by atoms with Crippen molar-refractivity contribution in [2.75, 3.05) is 31.1 Å². The molecule has 6 nitrogen and oxygen atoms in total. The van der Waals surface area contributed by atoms with Crippen LogP contribution < -0.4 is 10.2 Å². The number of piperidine rings is 1. The summed E-state index contributed by atoms with van der Waals surface area (Å²) in [5.74, 6) is -0.334. The Bertz CT molecular complexity index is 999. The molecule has 0 saturated carbocycles. The lowest BCUT2D eigenvalue weighted by Gasteiger charge is -2.26. The molecule has 1 heterocycles. The Balaban J connectivity index is 1.70. The standard InChI is InChI=1S/C23H30ClN3O3S/c1-3-26(4-2)20-11-8-18(9-12-20)17-25-23(28)19-10-13-21(24)22(16-19)31(29,30)27-14-6-5-7-15-27/h8-13,16H,3-7,14-15,17H2,1-2H3,(H,25,28). The van der Waals surface area contributed by atoms with Crippen molar-refractivity contribution in [1.29, 1.82) is 0 Å². The maximum absolute atomic E-state index is 13.0. The van der Waals surface area contributed by atoms with Crippen molar-refractivity contribution in [2.45, 2.75) is 44.6 Å². The molecule has 1 amide bonds. The van der Waals surface area contributed by atoms with E-state index in [1.807, 2.05) is 24.3 Å². The zero-order chi connectivity index (χ0) is 22.4. The van der Waals surface area contributed by atoms with Crippen molar-refractivity contribution in [3.8, 4) is 0 Å². The van der Waals surface area contributed by atoms with Gasteiger partial charge >= 0.3 is 0 Å². The van der Waals surface area contributed by atoms with E-state index in [1.165, 1.54) is 16.4 Å². The van der Waals surface area contributed by atoms with Gasteiger partial charge in [0.1, 0.15) is 4.90 Å². The summed E-state index contributed by atoms with van der Waals surface area (Å²) >= 11 is 6.20. The van der Waals surface area contributed by atoms with Crippen molar-refractivity contribution < 1.29 is 13.2 Å². The molecule has 0 radical (unpaired) electrons. The quantitative estimate of drug-likeness (QED) is 0.634. The number of sulfonamides is 1. The van der Waals surface area contributed by atoms with E-state index in [0.717, 1.165) is 43.6 Å². The normalized spacial score (nSPS) is 14.9. The third kappa shape index (κ3) is 5.59. The highest BCUT2D eigenvalue weighted by Crippen LogP contribution is 2.28. The van der Waals surface area contributed by atoms with Crippen LogP contribution in [0.1, 0.15) is 49.0 Å². The van der Waals surface area contributed by atoms with Gasteiger partial charge in [0, 0.05) is 44.0 Å². The lowest BCUT2D eigenvalue weighted by molar-refractivity contribution is 0.0950. The Kier molecular flexibility index (Phi) is 7.97. The minimum absolute atomic E-state index is 0.00714. The van der Waals surface area contributed by atoms with Crippen LogP contribution >= 0.6 is 11.6 Å². The summed E-state index contributed by atoms with van der Waals surface area (Å²) in [4.78, 5) is 14.9. The zero-order valence-electron chi connectivity index (χ0n) is 18.1. The molecular weight excluding hydrogens is 434 g/mol. The summed E-state index contributed by atoms with van der Waals surface area (Å²) in [5.41, 5.74) is 2.39. The van der Waals surface area contributed by atoms with Crippen LogP contribution in [0.3, 0.4) is 0 Å². The molecule has 0 aromatic heterocycles. The van der Waals surface area contributed by atoms with Gasteiger partial charge in [-0.1, -0.05) is 30.2 Å². The minimum atomic E-state index is -3.72. The van der Waals surface area contributed by atoms with E-state index < -0.39 is 10.0 Å². The average Bonchev–Trinajstić information content (AvgIpc) is 2.80. The number of nitrogens with zero attached hydrogens (tertiary/aromatic N) is 2. The summed E-state index contributed by atoms with van der Waals surface area (Å²) in [7, 11) is -3.72. The maximum atomic E-state index is 13.0. The Morgan fingerprint density at radius 1 is 1.03 bits per heavy atom. The van der Waals surface area contributed by atoms with Crippen molar-refractivity contribution in [3.05, 3.63) is 58.6 Å². The van der Waals surface area contributed by atoms with Gasteiger partial charge in [-0.25, -0.2) is 8.42 Å². The molecule has 1 aliphatic rings. The smallest absolute Gasteiger partial charge is 0.251 e. The van der Waals surface area contributed by atoms with Crippen LogP contribution in [0.4, 0.5) is 5.69 Å². The van der Waals surface area contributed by atoms with E-state index >= 15 is 0 Å². The van der Waals surface area contributed by atoms with E-state index in [4.69, 9.17) is 11.6 Å². The lowest BCUT2D eigenvalue weighted by Crippen LogP contribution is -2.36. The second-order valence-electron chi connectivity index (χ2n) is 7.63. The molecule has 1 saturated heterocycles. The number of carbonyl (C=O) groups excluding carboxylic acids is 1. The number of rotatable bonds is 8. The summed E-state index contributed by atoms with van der Waals surface area (Å²) in [5, 5.41) is 3.00. The number of hydrogen-bond acceptors (Lipinski definition) is 4. The number of nitrogens with one attached hydrogen (secondary N) is 1. The third-order valence-corrected chi connectivity index (χ3v) is 8.02. The van der Waals surface area contributed by atoms with E-state index in [-0.39, 0.29) is 21.4 Å². The fourth-order valence-electron chi connectivity index (χ4n) is 3.78. The van der Waals surface area contributed by atoms with Gasteiger partial charge in [-0.15, -0.1) is 0 Å². The summed E-state index contributed by atoms with van der Waals surface area (Å²) in [6, 6.07) is 12.5. The van der Waals surface area contributed by atoms with E-state index in [1.54, 1.807) is 6.07 Å². The predicted molar refractivity (Wildman–Crippen MR) is 125 cm³/mol. The Morgan fingerprint density at radius 3 is 2.29 bits per heavy atom. The SMILES string of the molecule is CCN(CC)c1ccc(CNC(=O)c2ccc(Cl)c(S(=O)(=O)N3CCCCC3)c2)cc1. The van der Waals surface area contributed by atoms with Crippen LogP contribution in [-0.4, -0.2) is 44.8 Å². The van der Waals surface area contributed by atoms with Crippen molar-refractivity contribution in [3.63, 3.8) is 0 Å². The number of halogens is 1. The van der Waals surface area contributed by atoms with E-state index in [2.05, 4.69) is 24.1 Å². The molecule has 3 rings (SSSR count). The highest BCUT2D eigenvalue weighted by atomic mass is 35.5. The molecule has 31 heavy (non-hydrogen) atoms. The maximum Gasteiger partial charge on any atom is 0.251 e. The van der Waals surface area contributed by atoms with Crippen molar-refractivity contribution in [2.24, 2.45) is 0 Å². The number of hydrogen-bond donors (Lipinski definition) is 1. The molecule has 0 spiro atoms. The number of amides is 1. The van der Waals surface area contributed by atoms with E-state index in [9.17, 15) is 13.2 Å². The van der Waals surface area contributed by atoms with Crippen molar-refractivity contribution >= 4 is 33.2 Å². The number of benzene rings is 2. The van der Waals surface area contributed by atoms with Crippen molar-refractivity contribution in [1.82, 2.24) is 9.62 Å². The molecule has 0 unspecified atom stereocenters. The van der Waals surface area contributed by atoms with Gasteiger partial charge in [0.25, 0.3) is 5.91 Å². The van der Waals surface area contributed by atoms with Gasteiger partial charge in [0.2, 0.25) is 10.0 Å². The molecule has 0 atom stereocenters. The molecular formula is C23H30ClN3O3S. The lowest BCUT2D eigenvalue weighted by atomic mass is 10.1. The Hall–Kier alpha value is -2.09. The fraction of sp³-hybridized carbons (Fsp3) is 0.435. The number of carbonyl (C=O) groups is 1. The highest BCUT2D eigenvalue weighted by molar-refractivity contribution is 7.89. The third-order valence-electron chi connectivity index (χ3n) is 5.64. The zero-order valence-corrected chi connectivity index (χ0v) is 19.7. The average molecular weight is 464 g/mol. The van der Waals surface area contributed by atoms with Crippen LogP contribution in [0.2, 0.25) is 5.02 Å². The summed E-state index contributed by atoms with van der Waals surface area (Å²) in [6.45, 7) is 7.43. The van der Waals surface area contributed by atoms with Crippen LogP contribution in [0, 0.1) is 0 Å². The van der Waals surface area contributed by atoms with E-state index in [0.29, 0.717) is 19.6 Å². The first-order valence-corrected chi connectivity index (χ1v) is 12.6. The first-order chi connectivity index (χ1) is 14.9. The van der Waals surface area contributed by atoms with Crippen LogP contribution in [0.15, 0.2) is 47.4 Å². The number of anilines is 1. The molecule has 1 aliphatic heterocycles. The second kappa shape index (κ2) is 10.5. The first-order valence-electron chi connectivity index (χ1n) is 10.8. The minimum Gasteiger partial charge on any atom is -0.372 e. The monoisotopic (exact) mass is 463 g/mol. The topological polar surface area (TPSA) is 69.7 Å². The molecule has 1 fully saturated rings. The molecule has 2 aromatic rings. The molecule has 2 aromatic carbocycles. The summed E-state index contributed by atoms with van der Waals surface area (Å²) < 4.78 is 27.5. The Labute approximate surface area is 190 Å². The molecule has 168 valence electrons. The van der Waals surface area contributed by atoms with Gasteiger partial charge in [-0.2, -0.15) is 4.31 Å². The van der Waals surface area contributed by atoms with Gasteiger partial charge in [-0.05, 0) is 62.6 Å². The van der Waals surface area contributed by atoms with Crippen LogP contribution in [0.25, 0.3) is 0 Å². The van der Waals surface area contributed by atoms with Gasteiger partial charge < -0.3 is 10.2 Å². The fourth-order valence-corrected chi connectivity index (χ4v) is 5.80. The Morgan fingerprint density at radius 2 is 1.68 bits per heavy atom. The van der Waals surface area contributed by atoms with Gasteiger partial charge in [-0.3, -0.25) is 4.79 Å². The molecule has 0 bridgehead atoms. The molecule has 1 N–H and O–H groups in total. The van der Waals surface area contributed by atoms with Crippen LogP contribution in [0.5, 0.6) is 0 Å². The highest BCUT2D eigenvalue weighted by Gasteiger charge is 2.28. The largest absolute Gasteiger partial charge is 0.372 e.